The zero-order chi connectivity index (χ0) is 16.1. The number of nitrogens with zero attached hydrogens (tertiary/aromatic N) is 3. The molecule has 0 spiro atoms. The Kier molecular flexibility index (Phi) is 4.72. The second kappa shape index (κ2) is 6.70. The highest BCUT2D eigenvalue weighted by Gasteiger charge is 2.20. The lowest BCUT2D eigenvalue weighted by Gasteiger charge is -2.07. The zero-order valence-corrected chi connectivity index (χ0v) is 11.9. The monoisotopic (exact) mass is 305 g/mol. The van der Waals surface area contributed by atoms with Gasteiger partial charge < -0.3 is 14.9 Å². The highest BCUT2D eigenvalue weighted by Crippen LogP contribution is 2.25. The Balaban J connectivity index is 2.34. The minimum absolute atomic E-state index is 0.0235. The Morgan fingerprint density at radius 3 is 2.45 bits per heavy atom. The fourth-order valence-electron chi connectivity index (χ4n) is 2.03. The molecule has 0 aliphatic carbocycles. The largest absolute Gasteiger partial charge is 0.497 e. The van der Waals surface area contributed by atoms with E-state index in [0.29, 0.717) is 23.4 Å². The molecule has 0 aliphatic heterocycles. The van der Waals surface area contributed by atoms with Gasteiger partial charge in [-0.3, -0.25) is 4.79 Å². The fraction of sp³-hybridized carbons (Fsp3) is 0.286. The van der Waals surface area contributed by atoms with Crippen molar-refractivity contribution in [3.05, 3.63) is 30.0 Å². The van der Waals surface area contributed by atoms with E-state index in [1.54, 1.807) is 24.3 Å². The van der Waals surface area contributed by atoms with Crippen LogP contribution < -0.4 is 4.74 Å². The Bertz CT molecular complexity index is 678. The quantitative estimate of drug-likeness (QED) is 0.796. The van der Waals surface area contributed by atoms with Gasteiger partial charge in [-0.05, 0) is 30.7 Å². The maximum absolute atomic E-state index is 11.3. The van der Waals surface area contributed by atoms with Crippen molar-refractivity contribution in [2.75, 3.05) is 7.11 Å². The Morgan fingerprint density at radius 2 is 1.91 bits per heavy atom. The van der Waals surface area contributed by atoms with Crippen LogP contribution in [-0.4, -0.2) is 44.3 Å². The lowest BCUT2D eigenvalue weighted by Crippen LogP contribution is -2.07. The third-order valence-corrected chi connectivity index (χ3v) is 3.06. The minimum Gasteiger partial charge on any atom is -0.497 e. The summed E-state index contributed by atoms with van der Waals surface area (Å²) in [5, 5.41) is 25.4. The molecule has 8 nitrogen and oxygen atoms in total. The van der Waals surface area contributed by atoms with Crippen LogP contribution in [0.4, 0.5) is 0 Å². The van der Waals surface area contributed by atoms with E-state index in [4.69, 9.17) is 9.84 Å². The van der Waals surface area contributed by atoms with Crippen molar-refractivity contribution in [1.82, 2.24) is 15.0 Å². The molecule has 22 heavy (non-hydrogen) atoms. The SMILES string of the molecule is COc1ccc(-c2c(C(=O)O)nnn2CCCC(=O)O)cc1. The van der Waals surface area contributed by atoms with Gasteiger partial charge in [0.1, 0.15) is 11.4 Å². The smallest absolute Gasteiger partial charge is 0.358 e. The summed E-state index contributed by atoms with van der Waals surface area (Å²) in [5.74, 6) is -1.45. The lowest BCUT2D eigenvalue weighted by atomic mass is 10.1. The maximum atomic E-state index is 11.3. The third kappa shape index (κ3) is 3.40. The van der Waals surface area contributed by atoms with E-state index in [2.05, 4.69) is 10.3 Å². The molecule has 0 bridgehead atoms. The number of carbonyl (C=O) groups is 2. The van der Waals surface area contributed by atoms with E-state index in [0.717, 1.165) is 0 Å². The molecule has 1 aromatic carbocycles. The van der Waals surface area contributed by atoms with Crippen molar-refractivity contribution in [1.29, 1.82) is 0 Å². The summed E-state index contributed by atoms with van der Waals surface area (Å²) < 4.78 is 6.48. The number of carboxylic acid groups (broad SMARTS) is 2. The first kappa shape index (κ1) is 15.5. The van der Waals surface area contributed by atoms with Gasteiger partial charge in [0.15, 0.2) is 5.69 Å². The van der Waals surface area contributed by atoms with Crippen LogP contribution >= 0.6 is 0 Å². The van der Waals surface area contributed by atoms with Crippen LogP contribution in [0.1, 0.15) is 23.3 Å². The topological polar surface area (TPSA) is 115 Å². The van der Waals surface area contributed by atoms with Crippen molar-refractivity contribution in [2.45, 2.75) is 19.4 Å². The normalized spacial score (nSPS) is 10.4. The molecular weight excluding hydrogens is 290 g/mol. The van der Waals surface area contributed by atoms with Gasteiger partial charge in [0.05, 0.1) is 7.11 Å². The van der Waals surface area contributed by atoms with Gasteiger partial charge in [0, 0.05) is 18.5 Å². The molecule has 1 heterocycles. The Morgan fingerprint density at radius 1 is 1.23 bits per heavy atom. The zero-order valence-electron chi connectivity index (χ0n) is 11.9. The predicted octanol–water partition coefficient (Wildman–Crippen LogP) is 1.52. The van der Waals surface area contributed by atoms with Gasteiger partial charge in [0.25, 0.3) is 0 Å². The summed E-state index contributed by atoms with van der Waals surface area (Å²) in [6, 6.07) is 6.82. The number of ether oxygens (including phenoxy) is 1. The molecule has 2 rings (SSSR count). The average Bonchev–Trinajstić information content (AvgIpc) is 2.91. The number of aliphatic carboxylic acids is 1. The first-order valence-electron chi connectivity index (χ1n) is 6.56. The summed E-state index contributed by atoms with van der Waals surface area (Å²) in [6.07, 6.45) is 0.311. The van der Waals surface area contributed by atoms with Crippen molar-refractivity contribution in [3.63, 3.8) is 0 Å². The second-order valence-corrected chi connectivity index (χ2v) is 4.54. The Hall–Kier alpha value is -2.90. The molecule has 8 heteroatoms. The number of hydrogen-bond donors (Lipinski definition) is 2. The minimum atomic E-state index is -1.18. The maximum Gasteiger partial charge on any atom is 0.358 e. The number of benzene rings is 1. The molecule has 0 atom stereocenters. The molecule has 116 valence electrons. The van der Waals surface area contributed by atoms with Crippen LogP contribution in [-0.2, 0) is 11.3 Å². The van der Waals surface area contributed by atoms with E-state index in [1.807, 2.05) is 0 Å². The highest BCUT2D eigenvalue weighted by molar-refractivity contribution is 5.92. The number of aromatic carboxylic acids is 1. The van der Waals surface area contributed by atoms with Gasteiger partial charge >= 0.3 is 11.9 Å². The summed E-state index contributed by atoms with van der Waals surface area (Å²) >= 11 is 0. The van der Waals surface area contributed by atoms with Crippen LogP contribution in [0, 0.1) is 0 Å². The van der Waals surface area contributed by atoms with Crippen LogP contribution in [0.25, 0.3) is 11.3 Å². The van der Waals surface area contributed by atoms with Gasteiger partial charge in [-0.1, -0.05) is 5.21 Å². The van der Waals surface area contributed by atoms with Gasteiger partial charge in [-0.25, -0.2) is 9.48 Å². The number of hydrogen-bond acceptors (Lipinski definition) is 5. The molecule has 2 N–H and O–H groups in total. The number of aryl methyl sites for hydroxylation is 1. The number of aromatic nitrogens is 3. The highest BCUT2D eigenvalue weighted by atomic mass is 16.5. The molecule has 0 aliphatic rings. The summed E-state index contributed by atoms with van der Waals surface area (Å²) in [7, 11) is 1.54. The van der Waals surface area contributed by atoms with E-state index >= 15 is 0 Å². The molecule has 0 radical (unpaired) electrons. The average molecular weight is 305 g/mol. The number of methoxy groups -OCH3 is 1. The predicted molar refractivity (Wildman–Crippen MR) is 75.8 cm³/mol. The van der Waals surface area contributed by atoms with E-state index in [1.165, 1.54) is 11.8 Å². The van der Waals surface area contributed by atoms with Gasteiger partial charge in [0.2, 0.25) is 0 Å². The molecule has 1 aromatic heterocycles. The van der Waals surface area contributed by atoms with Crippen molar-refractivity contribution >= 4 is 11.9 Å². The van der Waals surface area contributed by atoms with Crippen molar-refractivity contribution in [2.24, 2.45) is 0 Å². The van der Waals surface area contributed by atoms with Gasteiger partial charge in [-0.15, -0.1) is 5.10 Å². The van der Waals surface area contributed by atoms with E-state index in [-0.39, 0.29) is 18.7 Å². The molecule has 0 fully saturated rings. The fourth-order valence-corrected chi connectivity index (χ4v) is 2.03. The lowest BCUT2D eigenvalue weighted by molar-refractivity contribution is -0.137. The summed E-state index contributed by atoms with van der Waals surface area (Å²) in [5.41, 5.74) is 0.805. The third-order valence-electron chi connectivity index (χ3n) is 3.06. The van der Waals surface area contributed by atoms with Crippen LogP contribution in [0.2, 0.25) is 0 Å². The number of carboxylic acids is 2. The first-order valence-corrected chi connectivity index (χ1v) is 6.56. The van der Waals surface area contributed by atoms with Crippen molar-refractivity contribution in [3.8, 4) is 17.0 Å². The molecule has 0 unspecified atom stereocenters. The van der Waals surface area contributed by atoms with Crippen LogP contribution in [0.5, 0.6) is 5.75 Å². The standard InChI is InChI=1S/C14H15N3O5/c1-22-10-6-4-9(5-7-10)13-12(14(20)21)15-16-17(13)8-2-3-11(18)19/h4-7H,2-3,8H2,1H3,(H,18,19)(H,20,21). The molecule has 0 amide bonds. The van der Waals surface area contributed by atoms with E-state index < -0.39 is 11.9 Å². The summed E-state index contributed by atoms with van der Waals surface area (Å²) in [6.45, 7) is 0.272. The molecule has 0 saturated heterocycles. The van der Waals surface area contributed by atoms with Crippen LogP contribution in [0.3, 0.4) is 0 Å². The second-order valence-electron chi connectivity index (χ2n) is 4.54. The van der Waals surface area contributed by atoms with E-state index in [9.17, 15) is 14.7 Å². The number of rotatable bonds is 7. The first-order chi connectivity index (χ1) is 10.5. The molecule has 2 aromatic rings. The van der Waals surface area contributed by atoms with Gasteiger partial charge in [-0.2, -0.15) is 0 Å². The molecule has 0 saturated carbocycles. The molecular formula is C14H15N3O5. The summed E-state index contributed by atoms with van der Waals surface area (Å²) in [4.78, 5) is 21.9. The van der Waals surface area contributed by atoms with Crippen LogP contribution in [0.15, 0.2) is 24.3 Å². The van der Waals surface area contributed by atoms with Crippen molar-refractivity contribution < 1.29 is 24.5 Å². The Labute approximate surface area is 125 Å².